The number of sulfonamides is 1. The first-order chi connectivity index (χ1) is 12.8. The number of hydrogen-bond acceptors (Lipinski definition) is 4. The minimum Gasteiger partial charge on any atom is -0.478 e. The summed E-state index contributed by atoms with van der Waals surface area (Å²) in [5, 5.41) is 9.88. The molecule has 1 aliphatic carbocycles. The zero-order valence-electron chi connectivity index (χ0n) is 14.7. The summed E-state index contributed by atoms with van der Waals surface area (Å²) in [5.41, 5.74) is 2.42. The van der Waals surface area contributed by atoms with Crippen LogP contribution in [0.3, 0.4) is 0 Å². The summed E-state index contributed by atoms with van der Waals surface area (Å²) in [5.74, 6) is 0.273. The van der Waals surface area contributed by atoms with Gasteiger partial charge in [-0.1, -0.05) is 6.92 Å². The smallest absolute Gasteiger partial charge is 0.335 e. The molecule has 0 spiro atoms. The van der Waals surface area contributed by atoms with Gasteiger partial charge in [0.05, 0.1) is 10.5 Å². The number of nitrogens with one attached hydrogen (secondary N) is 1. The number of carbonyl (C=O) groups is 1. The molecule has 0 unspecified atom stereocenters. The van der Waals surface area contributed by atoms with E-state index >= 15 is 0 Å². The molecule has 4 rings (SSSR count). The van der Waals surface area contributed by atoms with Crippen molar-refractivity contribution in [1.82, 2.24) is 0 Å². The van der Waals surface area contributed by atoms with Crippen LogP contribution in [0.25, 0.3) is 11.0 Å². The number of carboxylic acid groups (broad SMARTS) is 1. The van der Waals surface area contributed by atoms with Crippen molar-refractivity contribution in [3.63, 3.8) is 0 Å². The molecule has 0 radical (unpaired) electrons. The van der Waals surface area contributed by atoms with Crippen molar-refractivity contribution in [2.45, 2.75) is 37.0 Å². The van der Waals surface area contributed by atoms with Crippen LogP contribution in [-0.2, 0) is 16.4 Å². The number of hydrogen-bond donors (Lipinski definition) is 2. The lowest BCUT2D eigenvalue weighted by Crippen LogP contribution is -2.13. The number of furan rings is 1. The van der Waals surface area contributed by atoms with E-state index in [-0.39, 0.29) is 10.5 Å². The Balaban J connectivity index is 1.68. The van der Waals surface area contributed by atoms with Crippen LogP contribution >= 0.6 is 0 Å². The molecule has 2 aromatic carbocycles. The van der Waals surface area contributed by atoms with Gasteiger partial charge in [0.15, 0.2) is 0 Å². The summed E-state index contributed by atoms with van der Waals surface area (Å²) in [4.78, 5) is 10.9. The summed E-state index contributed by atoms with van der Waals surface area (Å²) in [7, 11) is -3.82. The predicted octanol–water partition coefficient (Wildman–Crippen LogP) is 4.37. The fourth-order valence-electron chi connectivity index (χ4n) is 3.66. The third-order valence-electron chi connectivity index (χ3n) is 5.00. The lowest BCUT2D eigenvalue weighted by atomic mass is 9.87. The van der Waals surface area contributed by atoms with Crippen LogP contribution in [-0.4, -0.2) is 19.5 Å². The summed E-state index contributed by atoms with van der Waals surface area (Å²) in [6, 6.07) is 10.4. The Morgan fingerprint density at radius 2 is 1.93 bits per heavy atom. The monoisotopic (exact) mass is 385 g/mol. The fourth-order valence-corrected chi connectivity index (χ4v) is 4.71. The number of benzene rings is 2. The number of carboxylic acids is 1. The van der Waals surface area contributed by atoms with Gasteiger partial charge < -0.3 is 9.52 Å². The van der Waals surface area contributed by atoms with Crippen molar-refractivity contribution in [3.05, 3.63) is 59.4 Å². The van der Waals surface area contributed by atoms with E-state index in [1.807, 2.05) is 6.07 Å². The van der Waals surface area contributed by atoms with Crippen molar-refractivity contribution < 1.29 is 22.7 Å². The summed E-state index contributed by atoms with van der Waals surface area (Å²) >= 11 is 0. The van der Waals surface area contributed by atoms with Crippen molar-refractivity contribution in [2.24, 2.45) is 0 Å². The fraction of sp³-hybridized carbons (Fsp3) is 0.250. The second-order valence-electron chi connectivity index (χ2n) is 6.88. The molecule has 0 amide bonds. The molecule has 0 saturated heterocycles. The molecule has 3 aromatic rings. The number of anilines is 1. The molecule has 0 bridgehead atoms. The highest BCUT2D eigenvalue weighted by Gasteiger charge is 2.24. The van der Waals surface area contributed by atoms with Crippen LogP contribution in [0, 0.1) is 0 Å². The first-order valence-corrected chi connectivity index (χ1v) is 10.2. The molecule has 1 heterocycles. The lowest BCUT2D eigenvalue weighted by Gasteiger charge is -2.17. The van der Waals surface area contributed by atoms with Crippen LogP contribution in [0.1, 0.15) is 47.4 Å². The normalized spacial score (nSPS) is 16.9. The summed E-state index contributed by atoms with van der Waals surface area (Å²) in [6.45, 7) is 2.16. The number of rotatable bonds is 4. The number of aryl methyl sites for hydroxylation is 1. The average molecular weight is 385 g/mol. The Kier molecular flexibility index (Phi) is 4.19. The molecule has 1 aromatic heterocycles. The van der Waals surface area contributed by atoms with E-state index in [1.165, 1.54) is 29.8 Å². The number of fused-ring (bicyclic) bond motifs is 3. The first kappa shape index (κ1) is 17.6. The molecule has 1 atom stereocenters. The van der Waals surface area contributed by atoms with Crippen LogP contribution in [0.4, 0.5) is 5.69 Å². The summed E-state index contributed by atoms with van der Waals surface area (Å²) < 4.78 is 33.8. The molecular formula is C20H19NO5S. The van der Waals surface area contributed by atoms with Crippen LogP contribution in [0.2, 0.25) is 0 Å². The van der Waals surface area contributed by atoms with E-state index in [4.69, 9.17) is 9.52 Å². The van der Waals surface area contributed by atoms with E-state index in [2.05, 4.69) is 11.6 Å². The van der Waals surface area contributed by atoms with E-state index in [0.29, 0.717) is 11.6 Å². The maximum absolute atomic E-state index is 12.6. The largest absolute Gasteiger partial charge is 0.478 e. The minimum atomic E-state index is -3.82. The van der Waals surface area contributed by atoms with Gasteiger partial charge in [-0.2, -0.15) is 0 Å². The highest BCUT2D eigenvalue weighted by Crippen LogP contribution is 2.39. The van der Waals surface area contributed by atoms with Crippen LogP contribution < -0.4 is 4.72 Å². The van der Waals surface area contributed by atoms with Crippen molar-refractivity contribution >= 4 is 32.6 Å². The molecular weight excluding hydrogens is 366 g/mol. The second kappa shape index (κ2) is 6.42. The summed E-state index contributed by atoms with van der Waals surface area (Å²) in [6.07, 6.45) is 3.10. The topological polar surface area (TPSA) is 96.6 Å². The van der Waals surface area contributed by atoms with Gasteiger partial charge in [0.25, 0.3) is 10.0 Å². The Morgan fingerprint density at radius 3 is 2.63 bits per heavy atom. The Hall–Kier alpha value is -2.80. The van der Waals surface area contributed by atoms with Crippen molar-refractivity contribution in [3.8, 4) is 0 Å². The van der Waals surface area contributed by atoms with Gasteiger partial charge in [0, 0.05) is 23.1 Å². The van der Waals surface area contributed by atoms with Crippen molar-refractivity contribution in [2.75, 3.05) is 4.72 Å². The van der Waals surface area contributed by atoms with Crippen LogP contribution in [0.15, 0.2) is 51.8 Å². The van der Waals surface area contributed by atoms with E-state index < -0.39 is 16.0 Å². The maximum Gasteiger partial charge on any atom is 0.335 e. The van der Waals surface area contributed by atoms with Gasteiger partial charge >= 0.3 is 5.97 Å². The molecule has 7 heteroatoms. The molecule has 0 fully saturated rings. The Labute approximate surface area is 156 Å². The highest BCUT2D eigenvalue weighted by atomic mass is 32.2. The van der Waals surface area contributed by atoms with E-state index in [9.17, 15) is 13.2 Å². The third-order valence-corrected chi connectivity index (χ3v) is 6.40. The minimum absolute atomic E-state index is 0.00943. The molecule has 140 valence electrons. The predicted molar refractivity (Wildman–Crippen MR) is 102 cm³/mol. The van der Waals surface area contributed by atoms with Gasteiger partial charge in [0.2, 0.25) is 0 Å². The second-order valence-corrected chi connectivity index (χ2v) is 8.56. The lowest BCUT2D eigenvalue weighted by molar-refractivity contribution is 0.0696. The molecule has 2 N–H and O–H groups in total. The van der Waals surface area contributed by atoms with E-state index in [1.54, 1.807) is 12.1 Å². The molecule has 0 aliphatic heterocycles. The molecule has 6 nitrogen and oxygen atoms in total. The van der Waals surface area contributed by atoms with Gasteiger partial charge in [-0.15, -0.1) is 0 Å². The molecule has 1 aliphatic rings. The first-order valence-electron chi connectivity index (χ1n) is 8.76. The van der Waals surface area contributed by atoms with Crippen LogP contribution in [0.5, 0.6) is 0 Å². The van der Waals surface area contributed by atoms with E-state index in [0.717, 1.165) is 36.0 Å². The standard InChI is InChI=1S/C20H19NO5S/c1-12-3-2-4-18-19(12)16-11-14(7-10-17(16)26-18)21-27(24,25)15-8-5-13(6-9-15)20(22)23/h5-12,21H,2-4H2,1H3,(H,22,23)/t12-/m0/s1. The zero-order valence-corrected chi connectivity index (χ0v) is 15.5. The van der Waals surface area contributed by atoms with Gasteiger partial charge in [-0.25, -0.2) is 13.2 Å². The zero-order chi connectivity index (χ0) is 19.2. The third kappa shape index (κ3) is 3.19. The Bertz CT molecular complexity index is 1130. The SMILES string of the molecule is C[C@H]1CCCc2oc3ccc(NS(=O)(=O)c4ccc(C(=O)O)cc4)cc3c21. The highest BCUT2D eigenvalue weighted by molar-refractivity contribution is 7.92. The average Bonchev–Trinajstić information content (AvgIpc) is 3.00. The quantitative estimate of drug-likeness (QED) is 0.695. The number of aromatic carboxylic acids is 1. The maximum atomic E-state index is 12.6. The Morgan fingerprint density at radius 1 is 1.19 bits per heavy atom. The molecule has 0 saturated carbocycles. The van der Waals surface area contributed by atoms with Gasteiger partial charge in [0.1, 0.15) is 11.3 Å². The van der Waals surface area contributed by atoms with Gasteiger partial charge in [-0.05, 0) is 61.2 Å². The van der Waals surface area contributed by atoms with Gasteiger partial charge in [-0.3, -0.25) is 4.72 Å². The molecule has 27 heavy (non-hydrogen) atoms. The van der Waals surface area contributed by atoms with Crippen molar-refractivity contribution in [1.29, 1.82) is 0 Å².